The van der Waals surface area contributed by atoms with Crippen LogP contribution in [0.25, 0.3) is 0 Å². The van der Waals surface area contributed by atoms with E-state index in [9.17, 15) is 4.79 Å². The number of carbonyl (C=O) groups excluding carboxylic acids is 1. The van der Waals surface area contributed by atoms with Crippen molar-refractivity contribution in [2.24, 2.45) is 5.41 Å². The Morgan fingerprint density at radius 3 is 3.06 bits per heavy atom. The van der Waals surface area contributed by atoms with E-state index in [2.05, 4.69) is 6.92 Å². The number of fused-ring (bicyclic) bond motifs is 1. The molecule has 3 heteroatoms. The minimum atomic E-state index is 0.227. The van der Waals surface area contributed by atoms with Crippen LogP contribution in [0.1, 0.15) is 39.0 Å². The maximum absolute atomic E-state index is 11.4. The topological polar surface area (TPSA) is 35.5 Å². The largest absolute Gasteiger partial charge is 0.359 e. The van der Waals surface area contributed by atoms with Crippen LogP contribution in [0.5, 0.6) is 0 Å². The maximum Gasteiger partial charge on any atom is 0.155 e. The van der Waals surface area contributed by atoms with E-state index in [4.69, 9.17) is 9.47 Å². The van der Waals surface area contributed by atoms with Crippen LogP contribution in [0.2, 0.25) is 0 Å². The van der Waals surface area contributed by atoms with Crippen molar-refractivity contribution >= 4 is 5.78 Å². The smallest absolute Gasteiger partial charge is 0.155 e. The molecule has 0 spiro atoms. The van der Waals surface area contributed by atoms with Gasteiger partial charge in [0.2, 0.25) is 0 Å². The van der Waals surface area contributed by atoms with Gasteiger partial charge in [-0.3, -0.25) is 4.79 Å². The molecule has 0 saturated heterocycles. The van der Waals surface area contributed by atoms with Gasteiger partial charge in [-0.25, -0.2) is 0 Å². The highest BCUT2D eigenvalue weighted by atomic mass is 16.7. The third kappa shape index (κ3) is 2.36. The lowest BCUT2D eigenvalue weighted by Crippen LogP contribution is -2.34. The fraction of sp³-hybridized carbons (Fsp3) is 0.769. The van der Waals surface area contributed by atoms with Crippen LogP contribution in [0.15, 0.2) is 11.6 Å². The number of ether oxygens (including phenoxy) is 2. The average molecular weight is 224 g/mol. The second-order valence-corrected chi connectivity index (χ2v) is 5.13. The highest BCUT2D eigenvalue weighted by Gasteiger charge is 2.38. The zero-order chi connectivity index (χ0) is 11.6. The molecular weight excluding hydrogens is 204 g/mol. The van der Waals surface area contributed by atoms with E-state index in [0.29, 0.717) is 13.2 Å². The summed E-state index contributed by atoms with van der Waals surface area (Å²) in [4.78, 5) is 11.4. The molecule has 1 saturated carbocycles. The normalized spacial score (nSPS) is 34.5. The Kier molecular flexibility index (Phi) is 3.45. The Hall–Kier alpha value is -0.670. The first-order chi connectivity index (χ1) is 7.64. The summed E-state index contributed by atoms with van der Waals surface area (Å²) in [5.74, 6) is 0.278. The summed E-state index contributed by atoms with van der Waals surface area (Å²) >= 11 is 0. The zero-order valence-corrected chi connectivity index (χ0v) is 10.1. The van der Waals surface area contributed by atoms with Gasteiger partial charge in [0.05, 0.1) is 6.10 Å². The number of methoxy groups -OCH3 is 1. The Bertz CT molecular complexity index is 308. The van der Waals surface area contributed by atoms with Gasteiger partial charge < -0.3 is 9.47 Å². The van der Waals surface area contributed by atoms with Gasteiger partial charge in [-0.05, 0) is 37.2 Å². The predicted octanol–water partition coefficient (Wildman–Crippen LogP) is 2.46. The van der Waals surface area contributed by atoms with Crippen LogP contribution in [0.3, 0.4) is 0 Å². The highest BCUT2D eigenvalue weighted by molar-refractivity contribution is 5.91. The van der Waals surface area contributed by atoms with Crippen LogP contribution in [-0.2, 0) is 14.3 Å². The van der Waals surface area contributed by atoms with Crippen LogP contribution in [0.4, 0.5) is 0 Å². The molecule has 0 bridgehead atoms. The summed E-state index contributed by atoms with van der Waals surface area (Å²) in [5.41, 5.74) is 1.54. The van der Waals surface area contributed by atoms with Gasteiger partial charge in [0.15, 0.2) is 5.78 Å². The van der Waals surface area contributed by atoms with E-state index in [1.165, 1.54) is 5.57 Å². The molecule has 90 valence electrons. The Labute approximate surface area is 96.8 Å². The standard InChI is InChI=1S/C13H20O3/c1-13-5-3-11(14)7-10(13)8-12(4-6-13)16-9-15-2/h7,12H,3-6,8-9H2,1-2H3/t12-,13+/m1/s1. The minimum absolute atomic E-state index is 0.227. The fourth-order valence-corrected chi connectivity index (χ4v) is 2.72. The van der Waals surface area contributed by atoms with Crippen LogP contribution >= 0.6 is 0 Å². The molecule has 0 N–H and O–H groups in total. The van der Waals surface area contributed by atoms with E-state index in [-0.39, 0.29) is 17.3 Å². The summed E-state index contributed by atoms with van der Waals surface area (Å²) in [6, 6.07) is 0. The molecule has 2 aliphatic rings. The molecule has 0 amide bonds. The Morgan fingerprint density at radius 1 is 1.50 bits per heavy atom. The summed E-state index contributed by atoms with van der Waals surface area (Å²) < 4.78 is 10.5. The lowest BCUT2D eigenvalue weighted by molar-refractivity contribution is -0.116. The van der Waals surface area contributed by atoms with Gasteiger partial charge >= 0.3 is 0 Å². The molecule has 0 aliphatic heterocycles. The SMILES string of the molecule is COCO[C@@H]1CC[C@]2(C)CCC(=O)C=C2C1. The van der Waals surface area contributed by atoms with Gasteiger partial charge in [0.1, 0.15) is 6.79 Å². The summed E-state index contributed by atoms with van der Waals surface area (Å²) in [6.45, 7) is 2.63. The third-order valence-corrected chi connectivity index (χ3v) is 3.92. The minimum Gasteiger partial charge on any atom is -0.359 e. The van der Waals surface area contributed by atoms with E-state index in [1.807, 2.05) is 6.08 Å². The van der Waals surface area contributed by atoms with Crippen molar-refractivity contribution in [2.45, 2.75) is 45.1 Å². The lowest BCUT2D eigenvalue weighted by Gasteiger charge is -2.41. The number of rotatable bonds is 3. The zero-order valence-electron chi connectivity index (χ0n) is 10.1. The number of carbonyl (C=O) groups is 1. The van der Waals surface area contributed by atoms with Crippen LogP contribution in [-0.4, -0.2) is 25.8 Å². The van der Waals surface area contributed by atoms with Crippen molar-refractivity contribution in [1.82, 2.24) is 0 Å². The molecule has 0 aromatic heterocycles. The first kappa shape index (κ1) is 11.8. The van der Waals surface area contributed by atoms with Gasteiger partial charge in [-0.1, -0.05) is 12.5 Å². The molecule has 2 aliphatic carbocycles. The van der Waals surface area contributed by atoms with E-state index in [0.717, 1.165) is 25.7 Å². The second kappa shape index (κ2) is 4.68. The molecule has 0 heterocycles. The highest BCUT2D eigenvalue weighted by Crippen LogP contribution is 2.46. The van der Waals surface area contributed by atoms with Crippen LogP contribution in [0, 0.1) is 5.41 Å². The third-order valence-electron chi connectivity index (χ3n) is 3.92. The van der Waals surface area contributed by atoms with Crippen molar-refractivity contribution in [3.8, 4) is 0 Å². The molecular formula is C13H20O3. The van der Waals surface area contributed by atoms with Crippen molar-refractivity contribution in [3.63, 3.8) is 0 Å². The monoisotopic (exact) mass is 224 g/mol. The molecule has 3 nitrogen and oxygen atoms in total. The van der Waals surface area contributed by atoms with Crippen molar-refractivity contribution in [1.29, 1.82) is 0 Å². The number of ketones is 1. The van der Waals surface area contributed by atoms with Gasteiger partial charge in [-0.2, -0.15) is 0 Å². The molecule has 2 rings (SSSR count). The number of hydrogen-bond donors (Lipinski definition) is 0. The molecule has 16 heavy (non-hydrogen) atoms. The first-order valence-electron chi connectivity index (χ1n) is 5.98. The van der Waals surface area contributed by atoms with E-state index in [1.54, 1.807) is 7.11 Å². The molecule has 0 radical (unpaired) electrons. The maximum atomic E-state index is 11.4. The summed E-state index contributed by atoms with van der Waals surface area (Å²) in [7, 11) is 1.64. The number of hydrogen-bond acceptors (Lipinski definition) is 3. The lowest BCUT2D eigenvalue weighted by atomic mass is 9.65. The molecule has 1 fully saturated rings. The van der Waals surface area contributed by atoms with Crippen LogP contribution < -0.4 is 0 Å². The molecule has 0 aromatic carbocycles. The Morgan fingerprint density at radius 2 is 2.31 bits per heavy atom. The average Bonchev–Trinajstić information content (AvgIpc) is 2.27. The first-order valence-corrected chi connectivity index (χ1v) is 5.98. The number of allylic oxidation sites excluding steroid dienone is 1. The van der Waals surface area contributed by atoms with Gasteiger partial charge in [0, 0.05) is 13.5 Å². The molecule has 0 unspecified atom stereocenters. The quantitative estimate of drug-likeness (QED) is 0.691. The summed E-state index contributed by atoms with van der Waals surface area (Å²) in [6.07, 6.45) is 6.90. The van der Waals surface area contributed by atoms with Gasteiger partial charge in [0.25, 0.3) is 0 Å². The van der Waals surface area contributed by atoms with E-state index >= 15 is 0 Å². The Balaban J connectivity index is 2.03. The van der Waals surface area contributed by atoms with Gasteiger partial charge in [-0.15, -0.1) is 0 Å². The van der Waals surface area contributed by atoms with Crippen molar-refractivity contribution < 1.29 is 14.3 Å². The van der Waals surface area contributed by atoms with E-state index < -0.39 is 0 Å². The fourth-order valence-electron chi connectivity index (χ4n) is 2.72. The second-order valence-electron chi connectivity index (χ2n) is 5.13. The van der Waals surface area contributed by atoms with Crippen molar-refractivity contribution in [2.75, 3.05) is 13.9 Å². The molecule has 2 atom stereocenters. The summed E-state index contributed by atoms with van der Waals surface area (Å²) in [5, 5.41) is 0. The molecule has 0 aromatic rings. The van der Waals surface area contributed by atoms with Crippen molar-refractivity contribution in [3.05, 3.63) is 11.6 Å². The predicted molar refractivity (Wildman–Crippen MR) is 61.0 cm³/mol.